The van der Waals surface area contributed by atoms with E-state index in [1.807, 2.05) is 6.07 Å². The Hall–Kier alpha value is -1.10. The second-order valence-corrected chi connectivity index (χ2v) is 5.24. The van der Waals surface area contributed by atoms with Crippen molar-refractivity contribution in [3.05, 3.63) is 45.5 Å². The molecule has 1 aromatic carbocycles. The SMILES string of the molecule is Clc1cccc(Cl)c1Cc1noc(C2CCCO2)n1. The van der Waals surface area contributed by atoms with Crippen LogP contribution in [-0.4, -0.2) is 16.7 Å². The molecule has 0 saturated carbocycles. The molecule has 1 saturated heterocycles. The summed E-state index contributed by atoms with van der Waals surface area (Å²) >= 11 is 12.2. The Bertz CT molecular complexity index is 560. The molecule has 0 aliphatic carbocycles. The summed E-state index contributed by atoms with van der Waals surface area (Å²) in [6.45, 7) is 0.749. The lowest BCUT2D eigenvalue weighted by Crippen LogP contribution is -1.97. The predicted molar refractivity (Wildman–Crippen MR) is 71.5 cm³/mol. The minimum absolute atomic E-state index is 0.0667. The maximum absolute atomic E-state index is 6.12. The predicted octanol–water partition coefficient (Wildman–Crippen LogP) is 3.82. The fraction of sp³-hybridized carbons (Fsp3) is 0.385. The summed E-state index contributed by atoms with van der Waals surface area (Å²) in [6.07, 6.45) is 2.34. The van der Waals surface area contributed by atoms with E-state index in [9.17, 15) is 0 Å². The summed E-state index contributed by atoms with van der Waals surface area (Å²) in [5.41, 5.74) is 0.811. The summed E-state index contributed by atoms with van der Waals surface area (Å²) in [7, 11) is 0. The lowest BCUT2D eigenvalue weighted by atomic mass is 10.1. The molecule has 6 heteroatoms. The van der Waals surface area contributed by atoms with Crippen LogP contribution >= 0.6 is 23.2 Å². The molecule has 1 atom stereocenters. The highest BCUT2D eigenvalue weighted by Crippen LogP contribution is 2.29. The Balaban J connectivity index is 1.80. The van der Waals surface area contributed by atoms with Gasteiger partial charge < -0.3 is 9.26 Å². The highest BCUT2D eigenvalue weighted by atomic mass is 35.5. The van der Waals surface area contributed by atoms with Crippen molar-refractivity contribution in [2.75, 3.05) is 6.61 Å². The zero-order valence-corrected chi connectivity index (χ0v) is 11.6. The Morgan fingerprint density at radius 2 is 2.05 bits per heavy atom. The van der Waals surface area contributed by atoms with Crippen molar-refractivity contribution in [3.63, 3.8) is 0 Å². The largest absolute Gasteiger partial charge is 0.368 e. The number of hydrogen-bond acceptors (Lipinski definition) is 4. The van der Waals surface area contributed by atoms with Crippen LogP contribution in [0, 0.1) is 0 Å². The Morgan fingerprint density at radius 1 is 1.26 bits per heavy atom. The number of halogens is 2. The van der Waals surface area contributed by atoms with E-state index in [1.54, 1.807) is 12.1 Å². The summed E-state index contributed by atoms with van der Waals surface area (Å²) in [6, 6.07) is 5.40. The monoisotopic (exact) mass is 298 g/mol. The van der Waals surface area contributed by atoms with E-state index >= 15 is 0 Å². The van der Waals surface area contributed by atoms with Crippen molar-refractivity contribution >= 4 is 23.2 Å². The molecule has 2 aromatic rings. The summed E-state index contributed by atoms with van der Waals surface area (Å²) in [5.74, 6) is 1.11. The van der Waals surface area contributed by atoms with Gasteiger partial charge in [0.25, 0.3) is 5.89 Å². The average Bonchev–Trinajstić information content (AvgIpc) is 3.04. The van der Waals surface area contributed by atoms with Gasteiger partial charge in [-0.15, -0.1) is 0 Å². The van der Waals surface area contributed by atoms with E-state index < -0.39 is 0 Å². The molecule has 1 aliphatic rings. The average molecular weight is 299 g/mol. The van der Waals surface area contributed by atoms with Gasteiger partial charge >= 0.3 is 0 Å². The topological polar surface area (TPSA) is 48.2 Å². The zero-order valence-electron chi connectivity index (χ0n) is 10.1. The normalized spacial score (nSPS) is 18.9. The molecule has 1 aromatic heterocycles. The summed E-state index contributed by atoms with van der Waals surface area (Å²) in [5, 5.41) is 5.17. The molecule has 100 valence electrons. The Kier molecular flexibility index (Phi) is 3.73. The molecule has 0 spiro atoms. The Morgan fingerprint density at radius 3 is 2.74 bits per heavy atom. The molecule has 1 unspecified atom stereocenters. The van der Waals surface area contributed by atoms with Gasteiger partial charge in [0.05, 0.1) is 0 Å². The number of rotatable bonds is 3. The molecule has 4 nitrogen and oxygen atoms in total. The maximum atomic E-state index is 6.12. The molecule has 3 rings (SSSR count). The van der Waals surface area contributed by atoms with Crippen LogP contribution < -0.4 is 0 Å². The molecule has 19 heavy (non-hydrogen) atoms. The first-order valence-corrected chi connectivity index (χ1v) is 6.86. The van der Waals surface area contributed by atoms with E-state index in [-0.39, 0.29) is 6.10 Å². The second-order valence-electron chi connectivity index (χ2n) is 4.43. The third-order valence-corrected chi connectivity index (χ3v) is 3.79. The van der Waals surface area contributed by atoms with Gasteiger partial charge in [0.2, 0.25) is 0 Å². The number of ether oxygens (including phenoxy) is 1. The first kappa shape index (κ1) is 12.9. The van der Waals surface area contributed by atoms with Crippen molar-refractivity contribution in [2.24, 2.45) is 0 Å². The number of aromatic nitrogens is 2. The third-order valence-electron chi connectivity index (χ3n) is 3.09. The smallest absolute Gasteiger partial charge is 0.255 e. The minimum atomic E-state index is -0.0667. The lowest BCUT2D eigenvalue weighted by molar-refractivity contribution is 0.0835. The molecule has 0 bridgehead atoms. The molecular formula is C13H12Cl2N2O2. The molecule has 0 N–H and O–H groups in total. The van der Waals surface area contributed by atoms with Gasteiger partial charge in [0, 0.05) is 23.1 Å². The van der Waals surface area contributed by atoms with Crippen molar-refractivity contribution in [2.45, 2.75) is 25.4 Å². The first-order chi connectivity index (χ1) is 9.24. The van der Waals surface area contributed by atoms with Crippen LogP contribution in [-0.2, 0) is 11.2 Å². The fourth-order valence-electron chi connectivity index (χ4n) is 2.10. The van der Waals surface area contributed by atoms with Crippen molar-refractivity contribution < 1.29 is 9.26 Å². The third kappa shape index (κ3) is 2.76. The molecule has 0 amide bonds. The second kappa shape index (κ2) is 5.49. The van der Waals surface area contributed by atoms with E-state index in [1.165, 1.54) is 0 Å². The van der Waals surface area contributed by atoms with E-state index in [0.29, 0.717) is 28.2 Å². The summed E-state index contributed by atoms with van der Waals surface area (Å²) < 4.78 is 10.7. The van der Waals surface area contributed by atoms with Gasteiger partial charge in [-0.2, -0.15) is 4.98 Å². The first-order valence-electron chi connectivity index (χ1n) is 6.11. The van der Waals surface area contributed by atoms with Gasteiger partial charge in [-0.05, 0) is 30.5 Å². The zero-order chi connectivity index (χ0) is 13.2. The van der Waals surface area contributed by atoms with Gasteiger partial charge in [-0.25, -0.2) is 0 Å². The standard InChI is InChI=1S/C13H12Cl2N2O2/c14-9-3-1-4-10(15)8(9)7-12-16-13(19-17-12)11-5-2-6-18-11/h1,3-4,11H,2,5-7H2. The number of benzene rings is 1. The quantitative estimate of drug-likeness (QED) is 0.864. The lowest BCUT2D eigenvalue weighted by Gasteiger charge is -2.03. The Labute approximate surface area is 120 Å². The van der Waals surface area contributed by atoms with E-state index in [0.717, 1.165) is 25.0 Å². The van der Waals surface area contributed by atoms with Gasteiger partial charge in [0.15, 0.2) is 5.82 Å². The molecule has 1 fully saturated rings. The molecule has 2 heterocycles. The van der Waals surface area contributed by atoms with Gasteiger partial charge in [0.1, 0.15) is 6.10 Å². The van der Waals surface area contributed by atoms with Crippen LogP contribution in [0.4, 0.5) is 0 Å². The number of hydrogen-bond donors (Lipinski definition) is 0. The highest BCUT2D eigenvalue weighted by molar-refractivity contribution is 6.36. The molecule has 0 radical (unpaired) electrons. The van der Waals surface area contributed by atoms with Crippen LogP contribution in [0.15, 0.2) is 22.7 Å². The summed E-state index contributed by atoms with van der Waals surface area (Å²) in [4.78, 5) is 4.35. The maximum Gasteiger partial charge on any atom is 0.255 e. The van der Waals surface area contributed by atoms with Crippen LogP contribution in [0.1, 0.15) is 36.2 Å². The van der Waals surface area contributed by atoms with E-state index in [4.69, 9.17) is 32.5 Å². The van der Waals surface area contributed by atoms with Crippen molar-refractivity contribution in [1.29, 1.82) is 0 Å². The minimum Gasteiger partial charge on any atom is -0.368 e. The highest BCUT2D eigenvalue weighted by Gasteiger charge is 2.24. The van der Waals surface area contributed by atoms with Crippen LogP contribution in [0.5, 0.6) is 0 Å². The van der Waals surface area contributed by atoms with Crippen LogP contribution in [0.2, 0.25) is 10.0 Å². The van der Waals surface area contributed by atoms with E-state index in [2.05, 4.69) is 10.1 Å². The van der Waals surface area contributed by atoms with Crippen LogP contribution in [0.25, 0.3) is 0 Å². The number of nitrogens with zero attached hydrogens (tertiary/aromatic N) is 2. The van der Waals surface area contributed by atoms with Gasteiger partial charge in [-0.3, -0.25) is 0 Å². The van der Waals surface area contributed by atoms with Gasteiger partial charge in [-0.1, -0.05) is 34.4 Å². The van der Waals surface area contributed by atoms with Crippen molar-refractivity contribution in [3.8, 4) is 0 Å². The molecule has 1 aliphatic heterocycles. The van der Waals surface area contributed by atoms with Crippen LogP contribution in [0.3, 0.4) is 0 Å². The van der Waals surface area contributed by atoms with Crippen molar-refractivity contribution in [1.82, 2.24) is 10.1 Å². The molecular weight excluding hydrogens is 287 g/mol. The fourth-order valence-corrected chi connectivity index (χ4v) is 2.63.